The van der Waals surface area contributed by atoms with Crippen molar-refractivity contribution in [1.29, 1.82) is 0 Å². The van der Waals surface area contributed by atoms with Gasteiger partial charge < -0.3 is 19.4 Å². The van der Waals surface area contributed by atoms with Crippen LogP contribution in [0.3, 0.4) is 0 Å². The van der Waals surface area contributed by atoms with Gasteiger partial charge in [-0.1, -0.05) is 0 Å². The van der Waals surface area contributed by atoms with Gasteiger partial charge in [0.05, 0.1) is 31.9 Å². The van der Waals surface area contributed by atoms with E-state index in [4.69, 9.17) is 9.15 Å². The number of hydrogen-bond donors (Lipinski definition) is 2. The van der Waals surface area contributed by atoms with E-state index in [0.717, 1.165) is 32.8 Å². The minimum Gasteiger partial charge on any atom is -0.430 e. The first-order valence-electron chi connectivity index (χ1n) is 6.14. The van der Waals surface area contributed by atoms with Crippen LogP contribution in [0.5, 0.6) is 0 Å². The molecular weight excluding hydrogens is 316 g/mol. The van der Waals surface area contributed by atoms with Gasteiger partial charge in [0.25, 0.3) is 5.91 Å². The summed E-state index contributed by atoms with van der Waals surface area (Å²) < 4.78 is 10.2. The van der Waals surface area contributed by atoms with Gasteiger partial charge in [-0.2, -0.15) is 0 Å². The van der Waals surface area contributed by atoms with Crippen molar-refractivity contribution in [2.24, 2.45) is 0 Å². The van der Waals surface area contributed by atoms with Crippen molar-refractivity contribution in [2.45, 2.75) is 0 Å². The molecule has 0 bridgehead atoms. The quantitative estimate of drug-likeness (QED) is 0.746. The Hall–Kier alpha value is -1.18. The van der Waals surface area contributed by atoms with Gasteiger partial charge in [-0.05, 0) is 22.0 Å². The molecule has 0 aliphatic carbocycles. The highest BCUT2D eigenvalue weighted by Gasteiger charge is 2.14. The van der Waals surface area contributed by atoms with Gasteiger partial charge in [0.1, 0.15) is 23.8 Å². The lowest BCUT2D eigenvalue weighted by Gasteiger charge is -2.23. The fraction of sp³-hybridized carbons (Fsp3) is 0.500. The van der Waals surface area contributed by atoms with E-state index in [1.807, 2.05) is 0 Å². The molecule has 7 heteroatoms. The Morgan fingerprint density at radius 2 is 2.16 bits per heavy atom. The number of morpholine rings is 1. The van der Waals surface area contributed by atoms with Gasteiger partial charge >= 0.3 is 5.63 Å². The number of nitrogens with one attached hydrogen (secondary N) is 2. The molecule has 1 aromatic rings. The molecule has 1 amide bonds. The second-order valence-electron chi connectivity index (χ2n) is 4.34. The zero-order valence-corrected chi connectivity index (χ0v) is 12.0. The van der Waals surface area contributed by atoms with Crippen LogP contribution in [0.1, 0.15) is 10.4 Å². The van der Waals surface area contributed by atoms with Crippen molar-refractivity contribution in [3.05, 3.63) is 32.8 Å². The summed E-state index contributed by atoms with van der Waals surface area (Å²) in [7, 11) is 0. The van der Waals surface area contributed by atoms with Crippen LogP contribution >= 0.6 is 15.9 Å². The first-order chi connectivity index (χ1) is 9.16. The number of amides is 1. The molecule has 19 heavy (non-hydrogen) atoms. The average molecular weight is 332 g/mol. The highest BCUT2D eigenvalue weighted by atomic mass is 79.9. The molecule has 0 spiro atoms. The van der Waals surface area contributed by atoms with Crippen LogP contribution in [-0.2, 0) is 4.74 Å². The van der Waals surface area contributed by atoms with Crippen molar-refractivity contribution in [3.63, 3.8) is 0 Å². The third-order valence-corrected chi connectivity index (χ3v) is 3.55. The lowest BCUT2D eigenvalue weighted by atomic mass is 10.3. The van der Waals surface area contributed by atoms with E-state index < -0.39 is 5.63 Å². The number of ether oxygens (including phenoxy) is 1. The van der Waals surface area contributed by atoms with Gasteiger partial charge in [-0.25, -0.2) is 4.79 Å². The second-order valence-corrected chi connectivity index (χ2v) is 5.19. The van der Waals surface area contributed by atoms with Crippen molar-refractivity contribution < 1.29 is 18.8 Å². The molecule has 0 saturated carbocycles. The van der Waals surface area contributed by atoms with Gasteiger partial charge in [-0.15, -0.1) is 0 Å². The maximum atomic E-state index is 11.8. The molecule has 0 aromatic carbocycles. The highest BCUT2D eigenvalue weighted by molar-refractivity contribution is 9.10. The van der Waals surface area contributed by atoms with Crippen LogP contribution in [0.15, 0.2) is 26.0 Å². The van der Waals surface area contributed by atoms with E-state index in [2.05, 4.69) is 21.2 Å². The lowest BCUT2D eigenvalue weighted by Crippen LogP contribution is -3.14. The maximum absolute atomic E-state index is 11.8. The third-order valence-electron chi connectivity index (χ3n) is 3.00. The highest BCUT2D eigenvalue weighted by Crippen LogP contribution is 2.06. The van der Waals surface area contributed by atoms with E-state index in [1.54, 1.807) is 0 Å². The number of hydrogen-bond acceptors (Lipinski definition) is 4. The van der Waals surface area contributed by atoms with E-state index in [-0.39, 0.29) is 10.4 Å². The molecule has 2 rings (SSSR count). The molecule has 0 radical (unpaired) electrons. The minimum atomic E-state index is -0.491. The van der Waals surface area contributed by atoms with Crippen LogP contribution in [0, 0.1) is 0 Å². The minimum absolute atomic E-state index is 0.239. The Kier molecular flexibility index (Phi) is 5.12. The molecule has 104 valence electrons. The second kappa shape index (κ2) is 6.83. The van der Waals surface area contributed by atoms with Crippen molar-refractivity contribution in [3.8, 4) is 0 Å². The fourth-order valence-corrected chi connectivity index (χ4v) is 2.23. The van der Waals surface area contributed by atoms with Crippen LogP contribution in [-0.4, -0.2) is 45.3 Å². The first kappa shape index (κ1) is 14.2. The Bertz CT molecular complexity index is 497. The molecule has 1 aliphatic rings. The summed E-state index contributed by atoms with van der Waals surface area (Å²) in [6, 6.07) is 1.46. The monoisotopic (exact) mass is 331 g/mol. The normalized spacial score (nSPS) is 16.3. The number of carbonyl (C=O) groups excluding carboxylic acids is 1. The average Bonchev–Trinajstić information content (AvgIpc) is 2.43. The Labute approximate surface area is 118 Å². The summed E-state index contributed by atoms with van der Waals surface area (Å²) in [5.41, 5.74) is -0.155. The Morgan fingerprint density at radius 3 is 2.84 bits per heavy atom. The summed E-state index contributed by atoms with van der Waals surface area (Å²) >= 11 is 3.04. The van der Waals surface area contributed by atoms with E-state index in [0.29, 0.717) is 12.1 Å². The smallest absolute Gasteiger partial charge is 0.350 e. The molecule has 0 unspecified atom stereocenters. The fourth-order valence-electron chi connectivity index (χ4n) is 1.89. The van der Waals surface area contributed by atoms with Gasteiger partial charge in [-0.3, -0.25) is 4.79 Å². The van der Waals surface area contributed by atoms with Crippen LogP contribution in [0.4, 0.5) is 0 Å². The molecule has 2 N–H and O–H groups in total. The van der Waals surface area contributed by atoms with Crippen molar-refractivity contribution in [2.75, 3.05) is 39.4 Å². The summed E-state index contributed by atoms with van der Waals surface area (Å²) in [5.74, 6) is -0.239. The lowest BCUT2D eigenvalue weighted by molar-refractivity contribution is -0.906. The Morgan fingerprint density at radius 1 is 1.42 bits per heavy atom. The summed E-state index contributed by atoms with van der Waals surface area (Å²) in [5, 5.41) is 2.81. The van der Waals surface area contributed by atoms with E-state index in [1.165, 1.54) is 17.2 Å². The molecule has 6 nitrogen and oxygen atoms in total. The van der Waals surface area contributed by atoms with Crippen LogP contribution < -0.4 is 15.8 Å². The van der Waals surface area contributed by atoms with Crippen LogP contribution in [0.25, 0.3) is 0 Å². The number of quaternary nitrogens is 1. The topological polar surface area (TPSA) is 73.0 Å². The number of carbonyl (C=O) groups is 1. The molecular formula is C12H16BrN2O4+. The summed E-state index contributed by atoms with van der Waals surface area (Å²) in [6.45, 7) is 4.96. The van der Waals surface area contributed by atoms with Gasteiger partial charge in [0, 0.05) is 0 Å². The van der Waals surface area contributed by atoms with Gasteiger partial charge in [0.2, 0.25) is 0 Å². The molecule has 2 heterocycles. The number of rotatable bonds is 4. The van der Waals surface area contributed by atoms with Crippen molar-refractivity contribution in [1.82, 2.24) is 5.32 Å². The molecule has 0 atom stereocenters. The maximum Gasteiger partial charge on any atom is 0.350 e. The number of halogens is 1. The standard InChI is InChI=1S/C12H15BrN2O4/c13-10-7-9(8-19-12(10)17)11(16)14-1-2-15-3-5-18-6-4-15/h7-8H,1-6H2,(H,14,16)/p+1. The zero-order valence-electron chi connectivity index (χ0n) is 10.4. The predicted octanol–water partition coefficient (Wildman–Crippen LogP) is -0.953. The molecule has 1 aromatic heterocycles. The summed E-state index contributed by atoms with van der Waals surface area (Å²) in [6.07, 6.45) is 1.17. The van der Waals surface area contributed by atoms with E-state index in [9.17, 15) is 9.59 Å². The Balaban J connectivity index is 1.80. The SMILES string of the molecule is O=C(NCC[NH+]1CCOCC1)c1coc(=O)c(Br)c1. The van der Waals surface area contributed by atoms with Crippen molar-refractivity contribution >= 4 is 21.8 Å². The largest absolute Gasteiger partial charge is 0.430 e. The summed E-state index contributed by atoms with van der Waals surface area (Å²) in [4.78, 5) is 24.3. The molecule has 1 aliphatic heterocycles. The molecule has 1 fully saturated rings. The predicted molar refractivity (Wildman–Crippen MR) is 71.4 cm³/mol. The first-order valence-corrected chi connectivity index (χ1v) is 6.94. The molecule has 1 saturated heterocycles. The van der Waals surface area contributed by atoms with E-state index >= 15 is 0 Å². The zero-order chi connectivity index (χ0) is 13.7. The van der Waals surface area contributed by atoms with Crippen LogP contribution in [0.2, 0.25) is 0 Å². The third kappa shape index (κ3) is 4.15. The van der Waals surface area contributed by atoms with Gasteiger partial charge in [0.15, 0.2) is 0 Å².